The first-order chi connectivity index (χ1) is 8.58. The first kappa shape index (κ1) is 12.6. The molecule has 18 heavy (non-hydrogen) atoms. The Morgan fingerprint density at radius 1 is 1.39 bits per heavy atom. The van der Waals surface area contributed by atoms with Crippen LogP contribution in [0.15, 0.2) is 6.20 Å². The van der Waals surface area contributed by atoms with Crippen molar-refractivity contribution in [3.05, 3.63) is 22.7 Å². The second kappa shape index (κ2) is 5.18. The lowest BCUT2D eigenvalue weighted by atomic mass is 10.3. The Kier molecular flexibility index (Phi) is 3.61. The van der Waals surface area contributed by atoms with Crippen LogP contribution < -0.4 is 10.1 Å². The average Bonchev–Trinajstić information content (AvgIpc) is 2.64. The van der Waals surface area contributed by atoms with Crippen LogP contribution >= 0.6 is 11.6 Å². The fraction of sp³-hybridized carbons (Fsp3) is 0.400. The van der Waals surface area contributed by atoms with E-state index >= 15 is 0 Å². The Morgan fingerprint density at radius 3 is 2.78 bits per heavy atom. The first-order valence-corrected chi connectivity index (χ1v) is 5.65. The van der Waals surface area contributed by atoms with E-state index in [9.17, 15) is 0 Å². The standard InChI is InChI=1S/C10H13ClN6O/c1-6-7(5-17(2)16-6)4-12-9-13-8(11)14-10(15-9)18-3/h5H,4H2,1-3H3,(H,12,13,14,15). The second-order valence-corrected chi connectivity index (χ2v) is 4.02. The molecule has 0 fully saturated rings. The van der Waals surface area contributed by atoms with Crippen LogP contribution in [0.4, 0.5) is 5.95 Å². The first-order valence-electron chi connectivity index (χ1n) is 5.27. The Hall–Kier alpha value is -1.89. The quantitative estimate of drug-likeness (QED) is 0.897. The highest BCUT2D eigenvalue weighted by molar-refractivity contribution is 6.28. The van der Waals surface area contributed by atoms with Crippen molar-refractivity contribution in [3.63, 3.8) is 0 Å². The van der Waals surface area contributed by atoms with E-state index in [0.29, 0.717) is 12.5 Å². The van der Waals surface area contributed by atoms with Gasteiger partial charge in [-0.25, -0.2) is 0 Å². The van der Waals surface area contributed by atoms with E-state index in [0.717, 1.165) is 11.3 Å². The minimum atomic E-state index is 0.0901. The van der Waals surface area contributed by atoms with E-state index in [1.165, 1.54) is 7.11 Å². The van der Waals surface area contributed by atoms with E-state index in [4.69, 9.17) is 16.3 Å². The van der Waals surface area contributed by atoms with E-state index in [2.05, 4.69) is 25.4 Å². The number of ether oxygens (including phenoxy) is 1. The predicted molar refractivity (Wildman–Crippen MR) is 66.7 cm³/mol. The molecule has 0 aliphatic rings. The van der Waals surface area contributed by atoms with Crippen LogP contribution in [0.25, 0.3) is 0 Å². The molecule has 0 spiro atoms. The number of rotatable bonds is 4. The SMILES string of the molecule is COc1nc(Cl)nc(NCc2cn(C)nc2C)n1. The Balaban J connectivity index is 2.10. The molecule has 2 aromatic rings. The van der Waals surface area contributed by atoms with Crippen molar-refractivity contribution in [1.82, 2.24) is 24.7 Å². The summed E-state index contributed by atoms with van der Waals surface area (Å²) in [4.78, 5) is 11.8. The topological polar surface area (TPSA) is 77.8 Å². The molecule has 96 valence electrons. The summed E-state index contributed by atoms with van der Waals surface area (Å²) in [7, 11) is 3.35. The lowest BCUT2D eigenvalue weighted by molar-refractivity contribution is 0.379. The summed E-state index contributed by atoms with van der Waals surface area (Å²) in [5.74, 6) is 0.370. The summed E-state index contributed by atoms with van der Waals surface area (Å²) in [5.41, 5.74) is 2.02. The van der Waals surface area contributed by atoms with Gasteiger partial charge < -0.3 is 10.1 Å². The van der Waals surface area contributed by atoms with Gasteiger partial charge in [0.2, 0.25) is 11.2 Å². The fourth-order valence-corrected chi connectivity index (χ4v) is 1.65. The summed E-state index contributed by atoms with van der Waals surface area (Å²) < 4.78 is 6.67. The van der Waals surface area contributed by atoms with Crippen LogP contribution in [0.3, 0.4) is 0 Å². The van der Waals surface area contributed by atoms with Gasteiger partial charge in [0.25, 0.3) is 0 Å². The van der Waals surface area contributed by atoms with Gasteiger partial charge in [-0.1, -0.05) is 0 Å². The predicted octanol–water partition coefficient (Wildman–Crippen LogP) is 1.19. The molecule has 0 saturated heterocycles. The third-order valence-corrected chi connectivity index (χ3v) is 2.49. The van der Waals surface area contributed by atoms with Crippen LogP contribution in [-0.4, -0.2) is 31.8 Å². The highest BCUT2D eigenvalue weighted by Crippen LogP contribution is 2.12. The Labute approximate surface area is 109 Å². The number of hydrogen-bond donors (Lipinski definition) is 1. The molecule has 0 aromatic carbocycles. The zero-order chi connectivity index (χ0) is 13.1. The van der Waals surface area contributed by atoms with Crippen molar-refractivity contribution in [2.24, 2.45) is 7.05 Å². The zero-order valence-corrected chi connectivity index (χ0v) is 11.1. The van der Waals surface area contributed by atoms with Crippen molar-refractivity contribution in [2.45, 2.75) is 13.5 Å². The number of hydrogen-bond acceptors (Lipinski definition) is 6. The lowest BCUT2D eigenvalue weighted by Crippen LogP contribution is -2.06. The summed E-state index contributed by atoms with van der Waals surface area (Å²) in [6.45, 7) is 2.50. The Bertz CT molecular complexity index is 555. The number of aromatic nitrogens is 5. The molecule has 0 aliphatic carbocycles. The summed E-state index contributed by atoms with van der Waals surface area (Å²) in [6.07, 6.45) is 1.93. The third kappa shape index (κ3) is 2.86. The fourth-order valence-electron chi connectivity index (χ4n) is 1.50. The van der Waals surface area contributed by atoms with E-state index in [1.54, 1.807) is 4.68 Å². The van der Waals surface area contributed by atoms with Gasteiger partial charge >= 0.3 is 6.01 Å². The van der Waals surface area contributed by atoms with E-state index in [1.807, 2.05) is 20.2 Å². The molecule has 2 heterocycles. The maximum absolute atomic E-state index is 5.75. The molecule has 0 bridgehead atoms. The van der Waals surface area contributed by atoms with Crippen LogP contribution in [-0.2, 0) is 13.6 Å². The largest absolute Gasteiger partial charge is 0.467 e. The highest BCUT2D eigenvalue weighted by atomic mass is 35.5. The molecule has 1 N–H and O–H groups in total. The van der Waals surface area contributed by atoms with Gasteiger partial charge in [0.05, 0.1) is 12.8 Å². The summed E-state index contributed by atoms with van der Waals surface area (Å²) in [5, 5.41) is 7.39. The molecule has 0 amide bonds. The van der Waals surface area contributed by atoms with Crippen LogP contribution in [0.1, 0.15) is 11.3 Å². The maximum atomic E-state index is 5.75. The van der Waals surface area contributed by atoms with Gasteiger partial charge in [0.15, 0.2) is 0 Å². The number of methoxy groups -OCH3 is 1. The molecule has 0 aliphatic heterocycles. The van der Waals surface area contributed by atoms with E-state index in [-0.39, 0.29) is 11.3 Å². The molecule has 7 nitrogen and oxygen atoms in total. The van der Waals surface area contributed by atoms with Crippen molar-refractivity contribution in [1.29, 1.82) is 0 Å². The number of anilines is 1. The van der Waals surface area contributed by atoms with Crippen molar-refractivity contribution >= 4 is 17.5 Å². The monoisotopic (exact) mass is 268 g/mol. The smallest absolute Gasteiger partial charge is 0.322 e. The molecule has 0 atom stereocenters. The molecule has 0 saturated carbocycles. The highest BCUT2D eigenvalue weighted by Gasteiger charge is 2.07. The number of aryl methyl sites for hydroxylation is 2. The van der Waals surface area contributed by atoms with Crippen LogP contribution in [0.2, 0.25) is 5.28 Å². The third-order valence-electron chi connectivity index (χ3n) is 2.32. The minimum absolute atomic E-state index is 0.0901. The van der Waals surface area contributed by atoms with Gasteiger partial charge in [0, 0.05) is 25.4 Å². The number of nitrogens with one attached hydrogen (secondary N) is 1. The van der Waals surface area contributed by atoms with Gasteiger partial charge in [-0.2, -0.15) is 20.1 Å². The number of nitrogens with zero attached hydrogens (tertiary/aromatic N) is 5. The normalized spacial score (nSPS) is 10.4. The van der Waals surface area contributed by atoms with Crippen LogP contribution in [0, 0.1) is 6.92 Å². The van der Waals surface area contributed by atoms with Crippen molar-refractivity contribution < 1.29 is 4.74 Å². The Morgan fingerprint density at radius 2 is 2.17 bits per heavy atom. The molecule has 0 radical (unpaired) electrons. The molecule has 2 rings (SSSR count). The maximum Gasteiger partial charge on any atom is 0.322 e. The van der Waals surface area contributed by atoms with Crippen molar-refractivity contribution in [3.8, 4) is 6.01 Å². The van der Waals surface area contributed by atoms with Gasteiger partial charge in [-0.3, -0.25) is 4.68 Å². The average molecular weight is 269 g/mol. The summed E-state index contributed by atoms with van der Waals surface area (Å²) >= 11 is 5.75. The van der Waals surface area contributed by atoms with Crippen LogP contribution in [0.5, 0.6) is 6.01 Å². The molecule has 2 aromatic heterocycles. The molecule has 8 heteroatoms. The molecule has 0 unspecified atom stereocenters. The molecular weight excluding hydrogens is 256 g/mol. The van der Waals surface area contributed by atoms with Gasteiger partial charge in [-0.05, 0) is 18.5 Å². The van der Waals surface area contributed by atoms with Crippen molar-refractivity contribution in [2.75, 3.05) is 12.4 Å². The second-order valence-electron chi connectivity index (χ2n) is 3.68. The number of halogens is 1. The van der Waals surface area contributed by atoms with Gasteiger partial charge in [-0.15, -0.1) is 0 Å². The van der Waals surface area contributed by atoms with E-state index < -0.39 is 0 Å². The lowest BCUT2D eigenvalue weighted by Gasteiger charge is -2.05. The summed E-state index contributed by atoms with van der Waals surface area (Å²) in [6, 6.07) is 0.181. The van der Waals surface area contributed by atoms with Gasteiger partial charge in [0.1, 0.15) is 0 Å². The molecular formula is C10H13ClN6O. The zero-order valence-electron chi connectivity index (χ0n) is 10.3. The minimum Gasteiger partial charge on any atom is -0.467 e.